The number of benzene rings is 2. The van der Waals surface area contributed by atoms with Crippen LogP contribution in [-0.4, -0.2) is 24.8 Å². The molecule has 0 fully saturated rings. The van der Waals surface area contributed by atoms with Gasteiger partial charge in [-0.3, -0.25) is 0 Å². The van der Waals surface area contributed by atoms with Crippen molar-refractivity contribution in [2.24, 2.45) is 0 Å². The molecule has 6 heteroatoms. The van der Waals surface area contributed by atoms with Crippen molar-refractivity contribution in [3.05, 3.63) is 65.9 Å². The molecule has 3 aromatic rings. The molecule has 0 unspecified atom stereocenters. The van der Waals surface area contributed by atoms with Crippen molar-refractivity contribution in [3.63, 3.8) is 0 Å². The van der Waals surface area contributed by atoms with Gasteiger partial charge in [0.2, 0.25) is 10.0 Å². The predicted octanol–water partition coefficient (Wildman–Crippen LogP) is 3.93. The van der Waals surface area contributed by atoms with E-state index in [9.17, 15) is 8.42 Å². The smallest absolute Gasteiger partial charge is 0.213 e. The molecule has 1 aromatic heterocycles. The Bertz CT molecular complexity index is 1090. The van der Waals surface area contributed by atoms with E-state index in [0.717, 1.165) is 22.2 Å². The number of hydrogen-bond donors (Lipinski definition) is 1. The summed E-state index contributed by atoms with van der Waals surface area (Å²) in [6.45, 7) is 5.72. The summed E-state index contributed by atoms with van der Waals surface area (Å²) >= 11 is 0. The predicted molar refractivity (Wildman–Crippen MR) is 108 cm³/mol. The van der Waals surface area contributed by atoms with Crippen LogP contribution >= 0.6 is 0 Å². The fraction of sp³-hybridized carbons (Fsp3) is 0.286. The van der Waals surface area contributed by atoms with Gasteiger partial charge < -0.3 is 4.57 Å². The molecule has 0 aliphatic carbocycles. The first-order valence-corrected chi connectivity index (χ1v) is 10.5. The topological polar surface area (TPSA) is 74.9 Å². The van der Waals surface area contributed by atoms with Crippen molar-refractivity contribution in [2.45, 2.75) is 31.9 Å². The van der Waals surface area contributed by atoms with E-state index in [0.29, 0.717) is 12.1 Å². The number of nitrogens with one attached hydrogen (secondary N) is 1. The highest BCUT2D eigenvalue weighted by molar-refractivity contribution is 7.90. The molecular weight excluding hydrogens is 358 g/mol. The minimum absolute atomic E-state index is 0.0761. The van der Waals surface area contributed by atoms with Gasteiger partial charge >= 0.3 is 0 Å². The second-order valence-corrected chi connectivity index (χ2v) is 9.33. The van der Waals surface area contributed by atoms with E-state index in [4.69, 9.17) is 5.26 Å². The summed E-state index contributed by atoms with van der Waals surface area (Å²) in [6, 6.07) is 17.9. The Morgan fingerprint density at radius 3 is 2.41 bits per heavy atom. The maximum absolute atomic E-state index is 11.9. The molecule has 3 rings (SSSR count). The lowest BCUT2D eigenvalue weighted by atomic mass is 10.0. The lowest BCUT2D eigenvalue weighted by Crippen LogP contribution is -2.33. The molecule has 27 heavy (non-hydrogen) atoms. The highest BCUT2D eigenvalue weighted by Gasteiger charge is 2.17. The molecule has 1 N–H and O–H groups in total. The molecule has 0 saturated heterocycles. The molecule has 0 bridgehead atoms. The summed E-state index contributed by atoms with van der Waals surface area (Å²) in [5, 5.41) is 9.62. The standard InChI is InChI=1S/C21H23N3O2S/c1-15(2)27(25,26)23-14-16(3)18-5-7-20(8-6-18)24-11-10-19-12-17(13-22)4-9-21(19)24/h4-12,15-16,23H,14H2,1-3H3/t16-/m0/s1. The van der Waals surface area contributed by atoms with Crippen LogP contribution in [0.25, 0.3) is 16.6 Å². The van der Waals surface area contributed by atoms with Crippen molar-refractivity contribution in [1.29, 1.82) is 5.26 Å². The minimum atomic E-state index is -3.25. The Labute approximate surface area is 160 Å². The van der Waals surface area contributed by atoms with E-state index in [1.807, 2.05) is 61.7 Å². The Morgan fingerprint density at radius 2 is 1.78 bits per heavy atom. The molecule has 0 spiro atoms. The van der Waals surface area contributed by atoms with Gasteiger partial charge in [0.15, 0.2) is 0 Å². The van der Waals surface area contributed by atoms with Crippen LogP contribution in [0.15, 0.2) is 54.7 Å². The molecule has 2 aromatic carbocycles. The van der Waals surface area contributed by atoms with Gasteiger partial charge in [0.25, 0.3) is 0 Å². The summed E-state index contributed by atoms with van der Waals surface area (Å²) in [4.78, 5) is 0. The van der Waals surface area contributed by atoms with Crippen LogP contribution in [0, 0.1) is 11.3 Å². The van der Waals surface area contributed by atoms with Gasteiger partial charge in [0.1, 0.15) is 0 Å². The Morgan fingerprint density at radius 1 is 1.07 bits per heavy atom. The number of sulfonamides is 1. The highest BCUT2D eigenvalue weighted by atomic mass is 32.2. The lowest BCUT2D eigenvalue weighted by molar-refractivity contribution is 0.566. The fourth-order valence-corrected chi connectivity index (χ4v) is 3.74. The number of fused-ring (bicyclic) bond motifs is 1. The largest absolute Gasteiger partial charge is 0.317 e. The van der Waals surface area contributed by atoms with E-state index in [1.54, 1.807) is 13.8 Å². The third kappa shape index (κ3) is 4.05. The molecular formula is C21H23N3O2S. The average Bonchev–Trinajstić information content (AvgIpc) is 3.09. The molecule has 5 nitrogen and oxygen atoms in total. The van der Waals surface area contributed by atoms with E-state index in [2.05, 4.69) is 15.4 Å². The van der Waals surface area contributed by atoms with Crippen molar-refractivity contribution in [1.82, 2.24) is 9.29 Å². The quantitative estimate of drug-likeness (QED) is 0.703. The zero-order chi connectivity index (χ0) is 19.6. The molecule has 140 valence electrons. The van der Waals surface area contributed by atoms with Gasteiger partial charge in [-0.15, -0.1) is 0 Å². The van der Waals surface area contributed by atoms with Gasteiger partial charge in [-0.2, -0.15) is 5.26 Å². The van der Waals surface area contributed by atoms with Gasteiger partial charge in [-0.1, -0.05) is 19.1 Å². The van der Waals surface area contributed by atoms with Crippen LogP contribution in [0.1, 0.15) is 37.8 Å². The van der Waals surface area contributed by atoms with Gasteiger partial charge in [0.05, 0.1) is 22.4 Å². The molecule has 0 aliphatic rings. The summed E-state index contributed by atoms with van der Waals surface area (Å²) in [6.07, 6.45) is 1.99. The first-order valence-electron chi connectivity index (χ1n) is 8.92. The summed E-state index contributed by atoms with van der Waals surface area (Å²) in [5.41, 5.74) is 3.79. The first-order chi connectivity index (χ1) is 12.8. The monoisotopic (exact) mass is 381 g/mol. The SMILES string of the molecule is CC(C)S(=O)(=O)NC[C@H](C)c1ccc(-n2ccc3cc(C#N)ccc32)cc1. The number of aromatic nitrogens is 1. The molecule has 1 heterocycles. The normalized spacial score (nSPS) is 13.0. The molecule has 0 saturated carbocycles. The summed E-state index contributed by atoms with van der Waals surface area (Å²) in [7, 11) is -3.25. The number of nitriles is 1. The van der Waals surface area contributed by atoms with Crippen molar-refractivity contribution in [3.8, 4) is 11.8 Å². The zero-order valence-corrected chi connectivity index (χ0v) is 16.5. The van der Waals surface area contributed by atoms with Crippen LogP contribution in [0.4, 0.5) is 0 Å². The zero-order valence-electron chi connectivity index (χ0n) is 15.7. The average molecular weight is 382 g/mol. The minimum Gasteiger partial charge on any atom is -0.317 e. The second-order valence-electron chi connectivity index (χ2n) is 7.01. The van der Waals surface area contributed by atoms with E-state index >= 15 is 0 Å². The Hall–Kier alpha value is -2.62. The summed E-state index contributed by atoms with van der Waals surface area (Å²) < 4.78 is 28.6. The van der Waals surface area contributed by atoms with Gasteiger partial charge in [0, 0.05) is 23.8 Å². The first kappa shape index (κ1) is 19.2. The van der Waals surface area contributed by atoms with Crippen molar-refractivity contribution >= 4 is 20.9 Å². The maximum Gasteiger partial charge on any atom is 0.213 e. The number of nitrogens with zero attached hydrogens (tertiary/aromatic N) is 2. The van der Waals surface area contributed by atoms with Gasteiger partial charge in [-0.05, 0) is 61.7 Å². The number of hydrogen-bond acceptors (Lipinski definition) is 3. The van der Waals surface area contributed by atoms with E-state index in [-0.39, 0.29) is 5.92 Å². The summed E-state index contributed by atoms with van der Waals surface area (Å²) in [5.74, 6) is 0.0761. The molecule has 1 atom stereocenters. The van der Waals surface area contributed by atoms with Crippen LogP contribution in [0.2, 0.25) is 0 Å². The van der Waals surface area contributed by atoms with E-state index < -0.39 is 15.3 Å². The lowest BCUT2D eigenvalue weighted by Gasteiger charge is -2.16. The van der Waals surface area contributed by atoms with E-state index in [1.165, 1.54) is 0 Å². The fourth-order valence-electron chi connectivity index (χ4n) is 2.93. The molecule has 0 aliphatic heterocycles. The van der Waals surface area contributed by atoms with Crippen LogP contribution in [0.3, 0.4) is 0 Å². The van der Waals surface area contributed by atoms with Crippen molar-refractivity contribution < 1.29 is 8.42 Å². The molecule has 0 amide bonds. The maximum atomic E-state index is 11.9. The molecule has 0 radical (unpaired) electrons. The highest BCUT2D eigenvalue weighted by Crippen LogP contribution is 2.23. The van der Waals surface area contributed by atoms with Gasteiger partial charge in [-0.25, -0.2) is 13.1 Å². The van der Waals surface area contributed by atoms with Crippen LogP contribution < -0.4 is 4.72 Å². The Kier molecular flexibility index (Phi) is 5.36. The Balaban J connectivity index is 1.79. The van der Waals surface area contributed by atoms with Crippen LogP contribution in [-0.2, 0) is 10.0 Å². The van der Waals surface area contributed by atoms with Crippen molar-refractivity contribution in [2.75, 3.05) is 6.54 Å². The van der Waals surface area contributed by atoms with Crippen LogP contribution in [0.5, 0.6) is 0 Å². The number of rotatable bonds is 6. The second kappa shape index (κ2) is 7.55. The third-order valence-electron chi connectivity index (χ3n) is 4.77. The third-order valence-corrected chi connectivity index (χ3v) is 6.58.